The summed E-state index contributed by atoms with van der Waals surface area (Å²) < 4.78 is 11.1. The summed E-state index contributed by atoms with van der Waals surface area (Å²) in [6, 6.07) is 25.8. The normalized spacial score (nSPS) is 12.3. The summed E-state index contributed by atoms with van der Waals surface area (Å²) in [4.78, 5) is 25.3. The lowest BCUT2D eigenvalue weighted by Crippen LogP contribution is -2.48. The van der Waals surface area contributed by atoms with Crippen molar-refractivity contribution in [3.05, 3.63) is 102 Å². The number of carbonyl (C=O) groups is 2. The summed E-state index contributed by atoms with van der Waals surface area (Å²) in [6.07, 6.45) is 0.334. The molecule has 2 atom stereocenters. The largest absolute Gasteiger partial charge is 0.494 e. The van der Waals surface area contributed by atoms with Crippen LogP contribution >= 0.6 is 0 Å². The van der Waals surface area contributed by atoms with Crippen molar-refractivity contribution in [1.29, 1.82) is 0 Å². The van der Waals surface area contributed by atoms with Crippen LogP contribution in [0.25, 0.3) is 0 Å². The van der Waals surface area contributed by atoms with E-state index in [4.69, 9.17) is 15.2 Å². The van der Waals surface area contributed by atoms with E-state index in [1.807, 2.05) is 91.9 Å². The van der Waals surface area contributed by atoms with Crippen LogP contribution < -0.4 is 21.1 Å². The van der Waals surface area contributed by atoms with Crippen LogP contribution in [0.2, 0.25) is 0 Å². The average Bonchev–Trinajstić information content (AvgIpc) is 2.88. The molecule has 0 heterocycles. The molecular weight excluding hydrogens is 442 g/mol. The van der Waals surface area contributed by atoms with Gasteiger partial charge in [0.25, 0.3) is 0 Å². The number of hydrogen-bond donors (Lipinski definition) is 3. The van der Waals surface area contributed by atoms with Crippen LogP contribution in [0, 0.1) is 0 Å². The average molecular weight is 476 g/mol. The third-order valence-electron chi connectivity index (χ3n) is 5.38. The minimum atomic E-state index is -0.760. The molecule has 0 saturated carbocycles. The second kappa shape index (κ2) is 13.8. The van der Waals surface area contributed by atoms with E-state index in [1.165, 1.54) is 0 Å². The number of hydrogen-bond acceptors (Lipinski definition) is 5. The zero-order valence-corrected chi connectivity index (χ0v) is 20.0. The molecule has 3 rings (SSSR count). The van der Waals surface area contributed by atoms with E-state index in [0.717, 1.165) is 22.4 Å². The predicted molar refractivity (Wildman–Crippen MR) is 136 cm³/mol. The van der Waals surface area contributed by atoms with Crippen LogP contribution in [0.3, 0.4) is 0 Å². The van der Waals surface area contributed by atoms with Gasteiger partial charge in [-0.3, -0.25) is 4.79 Å². The summed E-state index contributed by atoms with van der Waals surface area (Å²) in [7, 11) is 0. The maximum Gasteiger partial charge on any atom is 0.408 e. The van der Waals surface area contributed by atoms with Crippen molar-refractivity contribution in [2.45, 2.75) is 38.5 Å². The van der Waals surface area contributed by atoms with Gasteiger partial charge in [-0.25, -0.2) is 4.79 Å². The van der Waals surface area contributed by atoms with Gasteiger partial charge in [-0.1, -0.05) is 72.8 Å². The van der Waals surface area contributed by atoms with E-state index in [2.05, 4.69) is 10.6 Å². The molecule has 0 saturated heterocycles. The van der Waals surface area contributed by atoms with Gasteiger partial charge in [0.15, 0.2) is 0 Å². The summed E-state index contributed by atoms with van der Waals surface area (Å²) >= 11 is 0. The summed E-state index contributed by atoms with van der Waals surface area (Å²) in [6.45, 7) is 2.91. The van der Waals surface area contributed by atoms with Gasteiger partial charge in [-0.15, -0.1) is 0 Å². The number of benzene rings is 3. The number of ether oxygens (including phenoxy) is 2. The zero-order valence-electron chi connectivity index (χ0n) is 20.0. The highest BCUT2D eigenvalue weighted by atomic mass is 16.5. The lowest BCUT2D eigenvalue weighted by molar-refractivity contribution is -0.123. The second-order valence-corrected chi connectivity index (χ2v) is 8.30. The lowest BCUT2D eigenvalue weighted by atomic mass is 10.1. The van der Waals surface area contributed by atoms with Crippen molar-refractivity contribution < 1.29 is 19.1 Å². The Kier molecular flexibility index (Phi) is 10.1. The molecule has 0 bridgehead atoms. The first-order valence-corrected chi connectivity index (χ1v) is 11.8. The molecule has 3 aromatic carbocycles. The van der Waals surface area contributed by atoms with Crippen LogP contribution in [-0.2, 0) is 22.6 Å². The van der Waals surface area contributed by atoms with Crippen LogP contribution in [0.5, 0.6) is 5.75 Å². The highest BCUT2D eigenvalue weighted by Gasteiger charge is 2.21. The molecular formula is C28H33N3O4. The molecule has 0 aliphatic carbocycles. The molecule has 7 heteroatoms. The van der Waals surface area contributed by atoms with Crippen molar-refractivity contribution in [1.82, 2.24) is 10.6 Å². The number of nitrogens with two attached hydrogens (primary N) is 1. The van der Waals surface area contributed by atoms with Crippen LogP contribution in [0.1, 0.15) is 36.1 Å². The topological polar surface area (TPSA) is 103 Å². The minimum Gasteiger partial charge on any atom is -0.494 e. The van der Waals surface area contributed by atoms with E-state index in [1.54, 1.807) is 0 Å². The van der Waals surface area contributed by atoms with E-state index >= 15 is 0 Å². The highest BCUT2D eigenvalue weighted by Crippen LogP contribution is 2.17. The van der Waals surface area contributed by atoms with Gasteiger partial charge in [0, 0.05) is 19.0 Å². The molecule has 1 unspecified atom stereocenters. The molecule has 0 aromatic heterocycles. The van der Waals surface area contributed by atoms with Gasteiger partial charge in [-0.2, -0.15) is 0 Å². The van der Waals surface area contributed by atoms with E-state index in [-0.39, 0.29) is 18.6 Å². The number of carbonyl (C=O) groups excluding carboxylic acids is 2. The van der Waals surface area contributed by atoms with Gasteiger partial charge < -0.3 is 25.8 Å². The quantitative estimate of drug-likeness (QED) is 0.342. The van der Waals surface area contributed by atoms with E-state index in [9.17, 15) is 9.59 Å². The summed E-state index contributed by atoms with van der Waals surface area (Å²) in [5, 5.41) is 5.59. The maximum absolute atomic E-state index is 12.9. The molecule has 4 N–H and O–H groups in total. The Labute approximate surface area is 206 Å². The Morgan fingerprint density at radius 2 is 1.60 bits per heavy atom. The van der Waals surface area contributed by atoms with Gasteiger partial charge >= 0.3 is 6.09 Å². The van der Waals surface area contributed by atoms with Crippen LogP contribution in [0.15, 0.2) is 84.9 Å². The summed E-state index contributed by atoms with van der Waals surface area (Å²) in [5.74, 6) is 0.473. The number of alkyl carbamates (subject to hydrolysis) is 1. The Morgan fingerprint density at radius 3 is 2.29 bits per heavy atom. The van der Waals surface area contributed by atoms with Gasteiger partial charge in [0.05, 0.1) is 6.61 Å². The molecule has 7 nitrogen and oxygen atoms in total. The predicted octanol–water partition coefficient (Wildman–Crippen LogP) is 4.13. The fraction of sp³-hybridized carbons (Fsp3) is 0.286. The smallest absolute Gasteiger partial charge is 0.408 e. The molecule has 0 fully saturated rings. The SMILES string of the molecule is CC(N)c1cccc(OCCCNC(=O)[C@H](Cc2ccccc2)NC(=O)OCc2ccccc2)c1. The van der Waals surface area contributed by atoms with Crippen molar-refractivity contribution in [2.24, 2.45) is 5.73 Å². The van der Waals surface area contributed by atoms with Crippen molar-refractivity contribution in [2.75, 3.05) is 13.2 Å². The van der Waals surface area contributed by atoms with Crippen LogP contribution in [0.4, 0.5) is 4.79 Å². The second-order valence-electron chi connectivity index (χ2n) is 8.30. The van der Waals surface area contributed by atoms with Crippen molar-refractivity contribution >= 4 is 12.0 Å². The monoisotopic (exact) mass is 475 g/mol. The van der Waals surface area contributed by atoms with Crippen molar-refractivity contribution in [3.8, 4) is 5.75 Å². The first-order chi connectivity index (χ1) is 17.0. The third kappa shape index (κ3) is 9.14. The zero-order chi connectivity index (χ0) is 24.9. The van der Waals surface area contributed by atoms with Gasteiger partial charge in [0.2, 0.25) is 5.91 Å². The molecule has 184 valence electrons. The van der Waals surface area contributed by atoms with Crippen LogP contribution in [-0.4, -0.2) is 31.2 Å². The Bertz CT molecular complexity index is 1060. The molecule has 0 spiro atoms. The van der Waals surface area contributed by atoms with E-state index in [0.29, 0.717) is 26.0 Å². The number of rotatable bonds is 12. The molecule has 2 amide bonds. The first-order valence-electron chi connectivity index (χ1n) is 11.8. The fourth-order valence-corrected chi connectivity index (χ4v) is 3.45. The van der Waals surface area contributed by atoms with E-state index < -0.39 is 12.1 Å². The molecule has 0 aliphatic rings. The summed E-state index contributed by atoms with van der Waals surface area (Å²) in [5.41, 5.74) is 8.73. The Hall–Kier alpha value is -3.84. The van der Waals surface area contributed by atoms with Gasteiger partial charge in [0.1, 0.15) is 18.4 Å². The van der Waals surface area contributed by atoms with Crippen molar-refractivity contribution in [3.63, 3.8) is 0 Å². The molecule has 3 aromatic rings. The Morgan fingerprint density at radius 1 is 0.914 bits per heavy atom. The Balaban J connectivity index is 1.48. The highest BCUT2D eigenvalue weighted by molar-refractivity contribution is 5.85. The maximum atomic E-state index is 12.9. The fourth-order valence-electron chi connectivity index (χ4n) is 3.45. The molecule has 0 radical (unpaired) electrons. The van der Waals surface area contributed by atoms with Gasteiger partial charge in [-0.05, 0) is 42.2 Å². The number of nitrogens with one attached hydrogen (secondary N) is 2. The lowest BCUT2D eigenvalue weighted by Gasteiger charge is -2.19. The standard InChI is InChI=1S/C28H33N3O4/c1-21(29)24-14-8-15-25(19-24)34-17-9-16-30-27(32)26(18-22-10-4-2-5-11-22)31-28(33)35-20-23-12-6-3-7-13-23/h2-8,10-15,19,21,26H,9,16-18,20,29H2,1H3,(H,30,32)(H,31,33)/t21?,26-/m0/s1. The molecule has 35 heavy (non-hydrogen) atoms. The number of amides is 2. The molecule has 0 aliphatic heterocycles. The minimum absolute atomic E-state index is 0.0636. The third-order valence-corrected chi connectivity index (χ3v) is 5.38. The first kappa shape index (κ1) is 25.8.